The van der Waals surface area contributed by atoms with E-state index in [1.165, 1.54) is 11.8 Å². The van der Waals surface area contributed by atoms with E-state index in [0.29, 0.717) is 30.0 Å². The number of pyridine rings is 1. The van der Waals surface area contributed by atoms with Gasteiger partial charge in [-0.2, -0.15) is 0 Å². The SMILES string of the molecule is Cc1cccc2cc([C@@H]3SCC(=O)Nc4c3c(=O)[nH]n4[C@@H]3CCOC(C)(C)C3)c(=O)[nH]c12. The van der Waals surface area contributed by atoms with Gasteiger partial charge in [0.25, 0.3) is 11.1 Å². The van der Waals surface area contributed by atoms with Crippen LogP contribution in [-0.2, 0) is 9.53 Å². The summed E-state index contributed by atoms with van der Waals surface area (Å²) in [6, 6.07) is 7.64. The highest BCUT2D eigenvalue weighted by molar-refractivity contribution is 8.00. The number of aromatic amines is 2. The Labute approximate surface area is 188 Å². The molecule has 8 nitrogen and oxygen atoms in total. The molecule has 0 radical (unpaired) electrons. The Morgan fingerprint density at radius 2 is 2.00 bits per heavy atom. The number of anilines is 1. The molecular formula is C23H26N4O4S. The van der Waals surface area contributed by atoms with E-state index in [-0.39, 0.29) is 34.4 Å². The van der Waals surface area contributed by atoms with Crippen LogP contribution >= 0.6 is 11.8 Å². The van der Waals surface area contributed by atoms with Gasteiger partial charge in [0.15, 0.2) is 0 Å². The second kappa shape index (κ2) is 7.67. The first-order valence-electron chi connectivity index (χ1n) is 10.8. The summed E-state index contributed by atoms with van der Waals surface area (Å²) >= 11 is 1.30. The van der Waals surface area contributed by atoms with Crippen molar-refractivity contribution < 1.29 is 9.53 Å². The van der Waals surface area contributed by atoms with Crippen LogP contribution in [0.4, 0.5) is 5.82 Å². The van der Waals surface area contributed by atoms with Crippen LogP contribution in [0.2, 0.25) is 0 Å². The summed E-state index contributed by atoms with van der Waals surface area (Å²) in [5, 5.41) is 6.20. The van der Waals surface area contributed by atoms with Gasteiger partial charge in [-0.25, -0.2) is 0 Å². The van der Waals surface area contributed by atoms with Crippen molar-refractivity contribution in [1.82, 2.24) is 14.8 Å². The number of aromatic nitrogens is 3. The van der Waals surface area contributed by atoms with E-state index in [4.69, 9.17) is 4.74 Å². The number of carbonyl (C=O) groups excluding carboxylic acids is 1. The highest BCUT2D eigenvalue weighted by atomic mass is 32.2. The molecule has 5 rings (SSSR count). The molecule has 3 N–H and O–H groups in total. The van der Waals surface area contributed by atoms with Gasteiger partial charge in [-0.15, -0.1) is 11.8 Å². The summed E-state index contributed by atoms with van der Waals surface area (Å²) < 4.78 is 7.60. The Bertz CT molecular complexity index is 1340. The Morgan fingerprint density at radius 1 is 1.19 bits per heavy atom. The Hall–Kier alpha value is -2.78. The monoisotopic (exact) mass is 454 g/mol. The summed E-state index contributed by atoms with van der Waals surface area (Å²) in [5.74, 6) is 0.427. The zero-order valence-corrected chi connectivity index (χ0v) is 19.1. The van der Waals surface area contributed by atoms with Crippen LogP contribution < -0.4 is 16.4 Å². The molecule has 9 heteroatoms. The number of nitrogens with one attached hydrogen (secondary N) is 3. The molecular weight excluding hydrogens is 428 g/mol. The van der Waals surface area contributed by atoms with Gasteiger partial charge in [0.2, 0.25) is 5.91 Å². The van der Waals surface area contributed by atoms with Gasteiger partial charge in [-0.3, -0.25) is 24.2 Å². The lowest BCUT2D eigenvalue weighted by Crippen LogP contribution is -2.36. The highest BCUT2D eigenvalue weighted by Crippen LogP contribution is 2.41. The Morgan fingerprint density at radius 3 is 2.78 bits per heavy atom. The molecule has 1 amide bonds. The normalized spacial score (nSPS) is 22.9. The fourth-order valence-electron chi connectivity index (χ4n) is 4.78. The quantitative estimate of drug-likeness (QED) is 0.551. The van der Waals surface area contributed by atoms with Crippen molar-refractivity contribution in [2.75, 3.05) is 17.7 Å². The molecule has 2 atom stereocenters. The predicted molar refractivity (Wildman–Crippen MR) is 126 cm³/mol. The highest BCUT2D eigenvalue weighted by Gasteiger charge is 2.36. The summed E-state index contributed by atoms with van der Waals surface area (Å²) in [6.45, 7) is 6.56. The van der Waals surface area contributed by atoms with Crippen LogP contribution in [-0.4, -0.2) is 38.6 Å². The first-order valence-corrected chi connectivity index (χ1v) is 11.8. The van der Waals surface area contributed by atoms with Crippen molar-refractivity contribution in [1.29, 1.82) is 0 Å². The standard InChI is InChI=1S/C23H26N4O4S/c1-12-5-4-6-13-9-15(21(29)25-18(12)13)19-17-20(24-16(28)11-32-19)27(26-22(17)30)14-7-8-31-23(2,3)10-14/h4-6,9,14,19H,7-8,10-11H2,1-3H3,(H,24,28)(H,25,29)(H,26,30)/t14-,19+/m1/s1. The maximum atomic E-state index is 13.2. The molecule has 0 aliphatic carbocycles. The van der Waals surface area contributed by atoms with Gasteiger partial charge in [0.1, 0.15) is 5.82 Å². The zero-order chi connectivity index (χ0) is 22.6. The number of ether oxygens (including phenoxy) is 1. The molecule has 3 aromatic rings. The van der Waals surface area contributed by atoms with Gasteiger partial charge in [-0.05, 0) is 50.6 Å². The molecule has 1 aromatic carbocycles. The van der Waals surface area contributed by atoms with Crippen molar-refractivity contribution in [3.63, 3.8) is 0 Å². The average molecular weight is 455 g/mol. The minimum atomic E-state index is -0.560. The summed E-state index contributed by atoms with van der Waals surface area (Å²) in [6.07, 6.45) is 1.43. The van der Waals surface area contributed by atoms with E-state index in [2.05, 4.69) is 15.4 Å². The third-order valence-electron chi connectivity index (χ3n) is 6.30. The second-order valence-electron chi connectivity index (χ2n) is 9.16. The van der Waals surface area contributed by atoms with Gasteiger partial charge in [0.05, 0.1) is 33.7 Å². The third kappa shape index (κ3) is 3.59. The number of hydrogen-bond acceptors (Lipinski definition) is 5. The average Bonchev–Trinajstić information content (AvgIpc) is 2.93. The molecule has 2 aromatic heterocycles. The first kappa shape index (κ1) is 21.1. The van der Waals surface area contributed by atoms with E-state index in [0.717, 1.165) is 22.9 Å². The maximum absolute atomic E-state index is 13.2. The van der Waals surface area contributed by atoms with Crippen molar-refractivity contribution in [2.45, 2.75) is 50.5 Å². The fraction of sp³-hybridized carbons (Fsp3) is 0.435. The van der Waals surface area contributed by atoms with E-state index < -0.39 is 5.25 Å². The number of hydrogen-bond donors (Lipinski definition) is 3. The molecule has 4 heterocycles. The molecule has 0 saturated carbocycles. The molecule has 32 heavy (non-hydrogen) atoms. The summed E-state index contributed by atoms with van der Waals surface area (Å²) in [5.41, 5.74) is 1.79. The topological polar surface area (TPSA) is 109 Å². The first-order chi connectivity index (χ1) is 15.2. The largest absolute Gasteiger partial charge is 0.375 e. The van der Waals surface area contributed by atoms with Crippen molar-refractivity contribution in [2.24, 2.45) is 0 Å². The molecule has 0 bridgehead atoms. The molecule has 0 unspecified atom stereocenters. The lowest BCUT2D eigenvalue weighted by atomic mass is 9.94. The smallest absolute Gasteiger partial charge is 0.270 e. The minimum Gasteiger partial charge on any atom is -0.375 e. The van der Waals surface area contributed by atoms with Crippen LogP contribution in [0.3, 0.4) is 0 Å². The molecule has 1 fully saturated rings. The molecule has 2 aliphatic heterocycles. The van der Waals surface area contributed by atoms with E-state index >= 15 is 0 Å². The number of rotatable bonds is 2. The van der Waals surface area contributed by atoms with Crippen LogP contribution in [0.1, 0.15) is 54.7 Å². The van der Waals surface area contributed by atoms with Crippen LogP contribution in [0.15, 0.2) is 33.9 Å². The number of aryl methyl sites for hydroxylation is 1. The van der Waals surface area contributed by atoms with Gasteiger partial charge in [0, 0.05) is 12.2 Å². The number of H-pyrrole nitrogens is 2. The predicted octanol–water partition coefficient (Wildman–Crippen LogP) is 3.23. The van der Waals surface area contributed by atoms with Crippen LogP contribution in [0.5, 0.6) is 0 Å². The third-order valence-corrected chi connectivity index (χ3v) is 7.55. The molecule has 2 aliphatic rings. The Balaban J connectivity index is 1.66. The number of carbonyl (C=O) groups is 1. The lowest BCUT2D eigenvalue weighted by molar-refractivity contribution is -0.113. The molecule has 1 saturated heterocycles. The number of nitrogens with zero attached hydrogens (tertiary/aromatic N) is 1. The van der Waals surface area contributed by atoms with Crippen molar-refractivity contribution in [3.8, 4) is 0 Å². The van der Waals surface area contributed by atoms with Gasteiger partial charge < -0.3 is 15.0 Å². The van der Waals surface area contributed by atoms with E-state index in [9.17, 15) is 14.4 Å². The minimum absolute atomic E-state index is 0.0169. The fourth-order valence-corrected chi connectivity index (χ4v) is 5.91. The van der Waals surface area contributed by atoms with Gasteiger partial charge in [-0.1, -0.05) is 18.2 Å². The number of benzene rings is 1. The van der Waals surface area contributed by atoms with E-state index in [1.54, 1.807) is 4.68 Å². The number of amides is 1. The second-order valence-corrected chi connectivity index (χ2v) is 10.3. The molecule has 0 spiro atoms. The van der Waals surface area contributed by atoms with Crippen LogP contribution in [0, 0.1) is 6.92 Å². The maximum Gasteiger partial charge on any atom is 0.270 e. The molecule has 168 valence electrons. The van der Waals surface area contributed by atoms with Crippen molar-refractivity contribution >= 4 is 34.4 Å². The summed E-state index contributed by atoms with van der Waals surface area (Å²) in [7, 11) is 0. The number of para-hydroxylation sites is 1. The number of thioether (sulfide) groups is 1. The van der Waals surface area contributed by atoms with E-state index in [1.807, 2.05) is 45.0 Å². The lowest BCUT2D eigenvalue weighted by Gasteiger charge is -2.36. The zero-order valence-electron chi connectivity index (χ0n) is 18.3. The number of fused-ring (bicyclic) bond motifs is 2. The summed E-state index contributed by atoms with van der Waals surface area (Å²) in [4.78, 5) is 41.8. The Kier molecular flexibility index (Phi) is 5.05. The van der Waals surface area contributed by atoms with Crippen LogP contribution in [0.25, 0.3) is 10.9 Å². The van der Waals surface area contributed by atoms with Crippen molar-refractivity contribution in [3.05, 3.63) is 61.7 Å². The van der Waals surface area contributed by atoms with Gasteiger partial charge >= 0.3 is 0 Å².